The van der Waals surface area contributed by atoms with E-state index in [1.165, 1.54) is 43.0 Å². The van der Waals surface area contributed by atoms with Gasteiger partial charge in [-0.15, -0.1) is 0 Å². The molecule has 1 aliphatic carbocycles. The average molecular weight is 325 g/mol. The second kappa shape index (κ2) is 7.05. The van der Waals surface area contributed by atoms with Gasteiger partial charge in [-0.1, -0.05) is 43.5 Å². The third-order valence-electron chi connectivity index (χ3n) is 4.90. The first-order chi connectivity index (χ1) is 11.8. The predicted octanol–water partition coefficient (Wildman–Crippen LogP) is 4.61. The summed E-state index contributed by atoms with van der Waals surface area (Å²) in [6, 6.07) is 14.4. The number of benzene rings is 2. The van der Waals surface area contributed by atoms with Gasteiger partial charge in [-0.3, -0.25) is 0 Å². The Hall–Kier alpha value is -2.33. The smallest absolute Gasteiger partial charge is 0.335 e. The van der Waals surface area contributed by atoms with Crippen molar-refractivity contribution in [2.45, 2.75) is 38.1 Å². The molecule has 1 heterocycles. The summed E-state index contributed by atoms with van der Waals surface area (Å²) in [5.74, 6) is -0.859. The molecule has 1 aromatic heterocycles. The van der Waals surface area contributed by atoms with Gasteiger partial charge in [-0.25, -0.2) is 4.79 Å². The number of carboxylic acid groups (broad SMARTS) is 1. The van der Waals surface area contributed by atoms with Gasteiger partial charge in [0.2, 0.25) is 0 Å². The molecule has 24 heavy (non-hydrogen) atoms. The molecular weight excluding hydrogens is 302 g/mol. The van der Waals surface area contributed by atoms with Crippen LogP contribution < -0.4 is 0 Å². The fourth-order valence-electron chi connectivity index (χ4n) is 3.87. The van der Waals surface area contributed by atoms with Gasteiger partial charge in [0.25, 0.3) is 0 Å². The van der Waals surface area contributed by atoms with Gasteiger partial charge in [0.05, 0.1) is 11.1 Å². The van der Waals surface area contributed by atoms with Crippen LogP contribution in [0.15, 0.2) is 42.5 Å². The summed E-state index contributed by atoms with van der Waals surface area (Å²) in [7, 11) is 1.00. The first-order valence-electron chi connectivity index (χ1n) is 8.46. The Balaban J connectivity index is 0.000000815. The van der Waals surface area contributed by atoms with Crippen molar-refractivity contribution < 1.29 is 15.0 Å². The number of fused-ring (bicyclic) bond motifs is 3. The Kier molecular flexibility index (Phi) is 4.86. The van der Waals surface area contributed by atoms with Crippen molar-refractivity contribution in [1.29, 1.82) is 0 Å². The number of aliphatic hydroxyl groups is 1. The molecule has 0 saturated heterocycles. The number of para-hydroxylation sites is 1. The maximum absolute atomic E-state index is 11.3. The highest BCUT2D eigenvalue weighted by molar-refractivity contribution is 6.09. The number of rotatable bonds is 2. The molecule has 0 aliphatic heterocycles. The number of aliphatic hydroxyl groups excluding tert-OH is 1. The molecule has 2 aromatic carbocycles. The van der Waals surface area contributed by atoms with Crippen LogP contribution in [0.25, 0.3) is 21.8 Å². The lowest BCUT2D eigenvalue weighted by molar-refractivity contribution is 0.0697. The fraction of sp³-hybridized carbons (Fsp3) is 0.350. The van der Waals surface area contributed by atoms with Crippen LogP contribution in [0.1, 0.15) is 48.5 Å². The maximum Gasteiger partial charge on any atom is 0.335 e. The molecule has 1 aliphatic rings. The average Bonchev–Trinajstić information content (AvgIpc) is 2.97. The molecule has 4 heteroatoms. The number of hydrogen-bond acceptors (Lipinski definition) is 2. The largest absolute Gasteiger partial charge is 0.478 e. The second-order valence-electron chi connectivity index (χ2n) is 6.22. The molecule has 1 saturated carbocycles. The predicted molar refractivity (Wildman–Crippen MR) is 96.7 cm³/mol. The minimum Gasteiger partial charge on any atom is -0.478 e. The number of aromatic carboxylic acids is 1. The van der Waals surface area contributed by atoms with Gasteiger partial charge in [0.1, 0.15) is 0 Å². The van der Waals surface area contributed by atoms with E-state index in [4.69, 9.17) is 5.11 Å². The number of carboxylic acids is 1. The lowest BCUT2D eigenvalue weighted by Crippen LogP contribution is -2.12. The topological polar surface area (TPSA) is 62.5 Å². The Morgan fingerprint density at radius 2 is 1.62 bits per heavy atom. The Morgan fingerprint density at radius 1 is 0.958 bits per heavy atom. The summed E-state index contributed by atoms with van der Waals surface area (Å²) in [6.07, 6.45) is 6.21. The van der Waals surface area contributed by atoms with Gasteiger partial charge < -0.3 is 14.8 Å². The molecule has 0 amide bonds. The van der Waals surface area contributed by atoms with E-state index < -0.39 is 5.97 Å². The van der Waals surface area contributed by atoms with E-state index in [9.17, 15) is 9.90 Å². The van der Waals surface area contributed by atoms with Crippen LogP contribution in [0.4, 0.5) is 0 Å². The highest BCUT2D eigenvalue weighted by atomic mass is 16.4. The third-order valence-corrected chi connectivity index (χ3v) is 4.90. The molecule has 126 valence electrons. The highest BCUT2D eigenvalue weighted by Crippen LogP contribution is 2.37. The van der Waals surface area contributed by atoms with E-state index >= 15 is 0 Å². The summed E-state index contributed by atoms with van der Waals surface area (Å²) in [5.41, 5.74) is 2.66. The zero-order valence-corrected chi connectivity index (χ0v) is 13.9. The van der Waals surface area contributed by atoms with E-state index in [0.717, 1.165) is 18.0 Å². The summed E-state index contributed by atoms with van der Waals surface area (Å²) >= 11 is 0. The molecule has 0 radical (unpaired) electrons. The number of hydrogen-bond donors (Lipinski definition) is 2. The van der Waals surface area contributed by atoms with Gasteiger partial charge in [-0.2, -0.15) is 0 Å². The zero-order chi connectivity index (χ0) is 17.1. The van der Waals surface area contributed by atoms with Crippen molar-refractivity contribution in [2.75, 3.05) is 7.11 Å². The van der Waals surface area contributed by atoms with Gasteiger partial charge in [0, 0.05) is 29.4 Å². The van der Waals surface area contributed by atoms with Crippen molar-refractivity contribution in [3.8, 4) is 0 Å². The molecule has 4 rings (SSSR count). The lowest BCUT2D eigenvalue weighted by Gasteiger charge is -2.25. The molecule has 1 fully saturated rings. The van der Waals surface area contributed by atoms with Gasteiger partial charge in [-0.05, 0) is 31.0 Å². The monoisotopic (exact) mass is 325 g/mol. The first kappa shape index (κ1) is 16.5. The number of aromatic nitrogens is 1. The Labute approximate surface area is 141 Å². The van der Waals surface area contributed by atoms with Crippen LogP contribution in [-0.4, -0.2) is 27.9 Å². The highest BCUT2D eigenvalue weighted by Gasteiger charge is 2.21. The lowest BCUT2D eigenvalue weighted by atomic mass is 9.95. The van der Waals surface area contributed by atoms with Crippen LogP contribution in [0.2, 0.25) is 0 Å². The number of carbonyl (C=O) groups is 1. The summed E-state index contributed by atoms with van der Waals surface area (Å²) in [6.45, 7) is 0. The molecule has 2 N–H and O–H groups in total. The van der Waals surface area contributed by atoms with Crippen LogP contribution in [0, 0.1) is 0 Å². The Bertz CT molecular complexity index is 860. The van der Waals surface area contributed by atoms with Crippen LogP contribution in [0.3, 0.4) is 0 Å². The van der Waals surface area contributed by atoms with Gasteiger partial charge >= 0.3 is 5.97 Å². The fourth-order valence-corrected chi connectivity index (χ4v) is 3.87. The zero-order valence-electron chi connectivity index (χ0n) is 13.9. The molecular formula is C20H23NO3. The van der Waals surface area contributed by atoms with Crippen LogP contribution in [0.5, 0.6) is 0 Å². The third kappa shape index (κ3) is 2.78. The van der Waals surface area contributed by atoms with Crippen molar-refractivity contribution in [2.24, 2.45) is 0 Å². The molecule has 0 atom stereocenters. The summed E-state index contributed by atoms with van der Waals surface area (Å²) < 4.78 is 2.39. The molecule has 0 bridgehead atoms. The minimum atomic E-state index is -0.859. The summed E-state index contributed by atoms with van der Waals surface area (Å²) in [4.78, 5) is 11.3. The Morgan fingerprint density at radius 3 is 2.33 bits per heavy atom. The second-order valence-corrected chi connectivity index (χ2v) is 6.22. The van der Waals surface area contributed by atoms with E-state index in [0.29, 0.717) is 11.6 Å². The molecule has 0 unspecified atom stereocenters. The van der Waals surface area contributed by atoms with E-state index in [1.54, 1.807) is 6.07 Å². The maximum atomic E-state index is 11.3. The van der Waals surface area contributed by atoms with Gasteiger partial charge in [0.15, 0.2) is 0 Å². The van der Waals surface area contributed by atoms with E-state index in [-0.39, 0.29) is 0 Å². The van der Waals surface area contributed by atoms with Crippen LogP contribution in [-0.2, 0) is 0 Å². The summed E-state index contributed by atoms with van der Waals surface area (Å²) in [5, 5.41) is 18.7. The van der Waals surface area contributed by atoms with Crippen molar-refractivity contribution in [1.82, 2.24) is 4.57 Å². The van der Waals surface area contributed by atoms with Crippen LogP contribution >= 0.6 is 0 Å². The van der Waals surface area contributed by atoms with Crippen molar-refractivity contribution >= 4 is 27.8 Å². The molecule has 0 spiro atoms. The quantitative estimate of drug-likeness (QED) is 0.723. The molecule has 4 nitrogen and oxygen atoms in total. The SMILES string of the molecule is CO.O=C(O)c1ccc2c3ccccc3n(C3CCCCC3)c2c1. The van der Waals surface area contributed by atoms with E-state index in [2.05, 4.69) is 28.8 Å². The van der Waals surface area contributed by atoms with Crippen molar-refractivity contribution in [3.05, 3.63) is 48.0 Å². The normalized spacial score (nSPS) is 15.2. The standard InChI is InChI=1S/C19H19NO2.CH4O/c21-19(22)13-10-11-16-15-8-4-5-9-17(15)20(18(16)12-13)14-6-2-1-3-7-14;1-2/h4-5,8-12,14H,1-3,6-7H2,(H,21,22);2H,1H3. The molecule has 3 aromatic rings. The number of nitrogens with zero attached hydrogens (tertiary/aromatic N) is 1. The van der Waals surface area contributed by atoms with Crippen molar-refractivity contribution in [3.63, 3.8) is 0 Å². The first-order valence-corrected chi connectivity index (χ1v) is 8.46. The minimum absolute atomic E-state index is 0.368. The van der Waals surface area contributed by atoms with E-state index in [1.807, 2.05) is 12.1 Å².